The van der Waals surface area contributed by atoms with E-state index in [1.807, 2.05) is 0 Å². The molecule has 0 atom stereocenters. The van der Waals surface area contributed by atoms with E-state index < -0.39 is 18.2 Å². The van der Waals surface area contributed by atoms with Crippen LogP contribution in [-0.2, 0) is 4.74 Å². The van der Waals surface area contributed by atoms with E-state index in [1.54, 1.807) is 0 Å². The van der Waals surface area contributed by atoms with Gasteiger partial charge in [0.05, 0.1) is 0 Å². The summed E-state index contributed by atoms with van der Waals surface area (Å²) in [4.78, 5) is 0. The molecule has 0 aliphatic heterocycles. The van der Waals surface area contributed by atoms with Crippen molar-refractivity contribution >= 4 is 12.6 Å². The normalized spacial score (nSPS) is 13.8. The molecule has 10 heavy (non-hydrogen) atoms. The summed E-state index contributed by atoms with van der Waals surface area (Å²) >= 11 is 3.20. The number of alkyl halides is 5. The third-order valence-corrected chi connectivity index (χ3v) is 0.522. The molecule has 0 fully saturated rings. The highest BCUT2D eigenvalue weighted by molar-refractivity contribution is 7.81. The zero-order chi connectivity index (χ0) is 8.41. The third-order valence-electron chi connectivity index (χ3n) is 0.404. The first-order chi connectivity index (χ1) is 4.21. The molecule has 0 amide bonds. The van der Waals surface area contributed by atoms with Crippen LogP contribution in [0.15, 0.2) is 0 Å². The van der Waals surface area contributed by atoms with E-state index in [-0.39, 0.29) is 0 Å². The van der Waals surface area contributed by atoms with E-state index in [2.05, 4.69) is 17.4 Å². The lowest BCUT2D eigenvalue weighted by atomic mass is 10.7. The van der Waals surface area contributed by atoms with Gasteiger partial charge in [-0.05, 0) is 0 Å². The van der Waals surface area contributed by atoms with Crippen LogP contribution in [0.3, 0.4) is 0 Å². The van der Waals surface area contributed by atoms with Crippen LogP contribution in [0.5, 0.6) is 0 Å². The second-order valence-corrected chi connectivity index (χ2v) is 1.84. The smallest absolute Gasteiger partial charge is 0.301 e. The van der Waals surface area contributed by atoms with E-state index in [0.717, 1.165) is 0 Å². The van der Waals surface area contributed by atoms with Gasteiger partial charge in [-0.15, -0.1) is 0 Å². The van der Waals surface area contributed by atoms with Crippen LogP contribution in [0.1, 0.15) is 0 Å². The van der Waals surface area contributed by atoms with Crippen molar-refractivity contribution in [2.75, 3.05) is 6.61 Å². The van der Waals surface area contributed by atoms with Gasteiger partial charge in [0.1, 0.15) is 6.61 Å². The molecule has 7 heteroatoms. The van der Waals surface area contributed by atoms with Crippen molar-refractivity contribution < 1.29 is 26.7 Å². The zero-order valence-corrected chi connectivity index (χ0v) is 5.23. The summed E-state index contributed by atoms with van der Waals surface area (Å²) in [5.74, 6) is 0. The van der Waals surface area contributed by atoms with Crippen LogP contribution in [0.2, 0.25) is 0 Å². The maximum absolute atomic E-state index is 11.3. The van der Waals surface area contributed by atoms with Gasteiger partial charge in [-0.25, -0.2) is 0 Å². The van der Waals surface area contributed by atoms with Crippen molar-refractivity contribution in [3.8, 4) is 0 Å². The van der Waals surface area contributed by atoms with Crippen LogP contribution in [0.25, 0.3) is 0 Å². The van der Waals surface area contributed by atoms with Crippen molar-refractivity contribution in [2.45, 2.75) is 11.6 Å². The average Bonchev–Trinajstić information content (AvgIpc) is 1.57. The molecular weight excluding hydrogens is 179 g/mol. The van der Waals surface area contributed by atoms with Gasteiger partial charge < -0.3 is 4.74 Å². The maximum Gasteiger partial charge on any atom is 0.418 e. The van der Waals surface area contributed by atoms with Gasteiger partial charge in [0.25, 0.3) is 0 Å². The van der Waals surface area contributed by atoms with E-state index in [4.69, 9.17) is 0 Å². The fraction of sp³-hybridized carbons (Fsp3) is 1.00. The molecule has 0 aromatic carbocycles. The molecule has 0 rings (SSSR count). The maximum atomic E-state index is 11.3. The first-order valence-electron chi connectivity index (χ1n) is 2.00. The molecule has 0 heterocycles. The summed E-state index contributed by atoms with van der Waals surface area (Å²) in [6.45, 7) is -2.02. The molecule has 0 N–H and O–H groups in total. The monoisotopic (exact) mass is 181 g/mol. The SMILES string of the molecule is FC(F)(F)COC(F)(F)[S]. The molecule has 61 valence electrons. The lowest BCUT2D eigenvalue weighted by Gasteiger charge is -2.10. The summed E-state index contributed by atoms with van der Waals surface area (Å²) < 4.78 is 58.9. The third kappa shape index (κ3) is 7.96. The Morgan fingerprint density at radius 1 is 1.10 bits per heavy atom. The number of hydrogen-bond donors (Lipinski definition) is 0. The minimum atomic E-state index is -4.76. The van der Waals surface area contributed by atoms with Gasteiger partial charge in [-0.2, -0.15) is 22.0 Å². The molecule has 0 unspecified atom stereocenters. The van der Waals surface area contributed by atoms with Gasteiger partial charge in [-0.1, -0.05) is 0 Å². The predicted molar refractivity (Wildman–Crippen MR) is 24.5 cm³/mol. The van der Waals surface area contributed by atoms with E-state index in [0.29, 0.717) is 0 Å². The predicted octanol–water partition coefficient (Wildman–Crippen LogP) is 2.31. The van der Waals surface area contributed by atoms with Crippen molar-refractivity contribution in [3.05, 3.63) is 0 Å². The quantitative estimate of drug-likeness (QED) is 0.594. The van der Waals surface area contributed by atoms with Crippen LogP contribution in [-0.4, -0.2) is 18.2 Å². The molecule has 1 nitrogen and oxygen atoms in total. The number of rotatable bonds is 2. The van der Waals surface area contributed by atoms with Gasteiger partial charge in [0.15, 0.2) is 0 Å². The summed E-state index contributed by atoms with van der Waals surface area (Å²) in [7, 11) is 0. The summed E-state index contributed by atoms with van der Waals surface area (Å²) in [5.41, 5.74) is -4.13. The van der Waals surface area contributed by atoms with Crippen LogP contribution in [0.4, 0.5) is 22.0 Å². The van der Waals surface area contributed by atoms with Crippen LogP contribution >= 0.6 is 12.6 Å². The fourth-order valence-electron chi connectivity index (χ4n) is 0.166. The van der Waals surface area contributed by atoms with E-state index in [1.165, 1.54) is 0 Å². The highest BCUT2D eigenvalue weighted by Crippen LogP contribution is 2.24. The molecular formula is C3H2F5OS. The molecule has 0 bridgehead atoms. The van der Waals surface area contributed by atoms with E-state index >= 15 is 0 Å². The van der Waals surface area contributed by atoms with Gasteiger partial charge >= 0.3 is 11.6 Å². The Bertz CT molecular complexity index is 90.4. The van der Waals surface area contributed by atoms with Crippen molar-refractivity contribution in [1.29, 1.82) is 0 Å². The topological polar surface area (TPSA) is 9.23 Å². The molecule has 0 aliphatic carbocycles. The second kappa shape index (κ2) is 2.91. The van der Waals surface area contributed by atoms with Gasteiger partial charge in [0, 0.05) is 12.6 Å². The lowest BCUT2D eigenvalue weighted by molar-refractivity contribution is -0.243. The van der Waals surface area contributed by atoms with Gasteiger partial charge in [0.2, 0.25) is 0 Å². The van der Waals surface area contributed by atoms with E-state index in [9.17, 15) is 22.0 Å². The average molecular weight is 181 g/mol. The minimum absolute atomic E-state index is 2.02. The summed E-state index contributed by atoms with van der Waals surface area (Å²) in [6.07, 6.45) is -4.76. The van der Waals surface area contributed by atoms with Gasteiger partial charge in [-0.3, -0.25) is 0 Å². The van der Waals surface area contributed by atoms with Crippen LogP contribution in [0, 0.1) is 0 Å². The number of hydrogen-bond acceptors (Lipinski definition) is 1. The molecule has 0 aliphatic rings. The molecule has 0 aromatic rings. The highest BCUT2D eigenvalue weighted by atomic mass is 32.1. The minimum Gasteiger partial charge on any atom is -0.301 e. The molecule has 0 saturated carbocycles. The number of ether oxygens (including phenoxy) is 1. The van der Waals surface area contributed by atoms with Crippen molar-refractivity contribution in [3.63, 3.8) is 0 Å². The Morgan fingerprint density at radius 2 is 1.50 bits per heavy atom. The molecule has 0 aromatic heterocycles. The van der Waals surface area contributed by atoms with Crippen molar-refractivity contribution in [1.82, 2.24) is 0 Å². The van der Waals surface area contributed by atoms with Crippen molar-refractivity contribution in [2.24, 2.45) is 0 Å². The molecule has 0 spiro atoms. The second-order valence-electron chi connectivity index (χ2n) is 1.37. The largest absolute Gasteiger partial charge is 0.418 e. The summed E-state index contributed by atoms with van der Waals surface area (Å²) in [6, 6.07) is 0. The Balaban J connectivity index is 3.56. The first-order valence-corrected chi connectivity index (χ1v) is 2.40. The first kappa shape index (κ1) is 9.96. The lowest BCUT2D eigenvalue weighted by Crippen LogP contribution is -2.23. The molecule has 1 radical (unpaired) electrons. The molecule has 0 saturated heterocycles. The number of halogens is 5. The van der Waals surface area contributed by atoms with Crippen LogP contribution < -0.4 is 0 Å². The summed E-state index contributed by atoms with van der Waals surface area (Å²) in [5, 5.41) is 0. The standard InChI is InChI=1S/C3H2F5OS/c4-2(5,6)1-9-3(7,8)10/h1H2. The Kier molecular flexibility index (Phi) is 2.90. The fourth-order valence-corrected chi connectivity index (χ4v) is 0.225. The Hall–Kier alpha value is -0.0400. The Morgan fingerprint density at radius 3 is 1.60 bits per heavy atom. The Labute approximate surface area is 58.6 Å². The zero-order valence-electron chi connectivity index (χ0n) is 4.41. The highest BCUT2D eigenvalue weighted by Gasteiger charge is 2.35.